The number of hydrogen-bond acceptors (Lipinski definition) is 5. The Morgan fingerprint density at radius 1 is 1.44 bits per heavy atom. The van der Waals surface area contributed by atoms with Gasteiger partial charge in [-0.05, 0) is 31.7 Å². The molecule has 100 valence electrons. The predicted octanol–water partition coefficient (Wildman–Crippen LogP) is 1.62. The molecule has 2 rings (SSSR count). The number of amides is 1. The molecular formula is C12H20N4O2. The van der Waals surface area contributed by atoms with Crippen molar-refractivity contribution in [2.24, 2.45) is 11.1 Å². The maximum atomic E-state index is 12.0. The minimum atomic E-state index is -0.0917. The molecule has 1 aliphatic rings. The van der Waals surface area contributed by atoms with Crippen LogP contribution in [-0.4, -0.2) is 22.6 Å². The smallest absolute Gasteiger partial charge is 0.328 e. The highest BCUT2D eigenvalue weighted by atomic mass is 16.5. The van der Waals surface area contributed by atoms with Crippen LogP contribution < -0.4 is 11.1 Å². The van der Waals surface area contributed by atoms with Crippen molar-refractivity contribution in [3.8, 4) is 0 Å². The van der Waals surface area contributed by atoms with Gasteiger partial charge in [-0.25, -0.2) is 0 Å². The number of rotatable bonds is 4. The van der Waals surface area contributed by atoms with E-state index in [1.807, 2.05) is 0 Å². The fourth-order valence-corrected chi connectivity index (χ4v) is 2.61. The van der Waals surface area contributed by atoms with Crippen LogP contribution in [0, 0.1) is 12.3 Å². The van der Waals surface area contributed by atoms with Crippen LogP contribution in [0.5, 0.6) is 0 Å². The Morgan fingerprint density at radius 2 is 2.17 bits per heavy atom. The van der Waals surface area contributed by atoms with Crippen molar-refractivity contribution in [2.45, 2.75) is 45.4 Å². The average molecular weight is 252 g/mol. The van der Waals surface area contributed by atoms with E-state index in [9.17, 15) is 4.79 Å². The van der Waals surface area contributed by atoms with E-state index in [4.69, 9.17) is 10.3 Å². The first-order chi connectivity index (χ1) is 8.63. The fraction of sp³-hybridized carbons (Fsp3) is 0.750. The zero-order chi connectivity index (χ0) is 13.0. The minimum absolute atomic E-state index is 0.0442. The summed E-state index contributed by atoms with van der Waals surface area (Å²) in [4.78, 5) is 15.9. The van der Waals surface area contributed by atoms with E-state index in [0.717, 1.165) is 25.7 Å². The summed E-state index contributed by atoms with van der Waals surface area (Å²) in [5.41, 5.74) is 5.81. The summed E-state index contributed by atoms with van der Waals surface area (Å²) in [5, 5.41) is 6.26. The first-order valence-corrected chi connectivity index (χ1v) is 6.44. The van der Waals surface area contributed by atoms with Crippen molar-refractivity contribution >= 4 is 11.9 Å². The third-order valence-corrected chi connectivity index (χ3v) is 3.66. The molecular weight excluding hydrogens is 232 g/mol. The number of nitrogens with one attached hydrogen (secondary N) is 1. The lowest BCUT2D eigenvalue weighted by molar-refractivity contribution is -0.119. The van der Waals surface area contributed by atoms with E-state index in [2.05, 4.69) is 15.5 Å². The van der Waals surface area contributed by atoms with Gasteiger partial charge in [0.05, 0.1) is 0 Å². The Labute approximate surface area is 106 Å². The van der Waals surface area contributed by atoms with Crippen molar-refractivity contribution in [2.75, 3.05) is 11.9 Å². The van der Waals surface area contributed by atoms with Crippen LogP contribution in [0.15, 0.2) is 4.52 Å². The molecule has 0 saturated heterocycles. The third-order valence-electron chi connectivity index (χ3n) is 3.66. The van der Waals surface area contributed by atoms with Gasteiger partial charge < -0.3 is 10.3 Å². The normalized spacial score (nSPS) is 18.6. The highest BCUT2D eigenvalue weighted by Gasteiger charge is 2.33. The molecule has 1 fully saturated rings. The van der Waals surface area contributed by atoms with Gasteiger partial charge in [0.1, 0.15) is 0 Å². The number of aryl methyl sites for hydroxylation is 1. The molecule has 1 aromatic heterocycles. The van der Waals surface area contributed by atoms with Gasteiger partial charge in [-0.2, -0.15) is 4.98 Å². The summed E-state index contributed by atoms with van der Waals surface area (Å²) in [6.07, 6.45) is 6.05. The highest BCUT2D eigenvalue weighted by Crippen LogP contribution is 2.38. The molecule has 18 heavy (non-hydrogen) atoms. The summed E-state index contributed by atoms with van der Waals surface area (Å²) >= 11 is 0. The zero-order valence-electron chi connectivity index (χ0n) is 10.7. The molecule has 0 spiro atoms. The van der Waals surface area contributed by atoms with E-state index >= 15 is 0 Å². The Hall–Kier alpha value is -1.43. The Balaban J connectivity index is 1.93. The van der Waals surface area contributed by atoms with Crippen LogP contribution in [0.3, 0.4) is 0 Å². The maximum absolute atomic E-state index is 12.0. The molecule has 1 amide bonds. The van der Waals surface area contributed by atoms with E-state index in [0.29, 0.717) is 18.8 Å². The predicted molar refractivity (Wildman–Crippen MR) is 66.9 cm³/mol. The quantitative estimate of drug-likeness (QED) is 0.849. The maximum Gasteiger partial charge on any atom is 0.328 e. The van der Waals surface area contributed by atoms with Gasteiger partial charge in [0, 0.05) is 6.42 Å². The molecule has 0 radical (unpaired) electrons. The second kappa shape index (κ2) is 5.48. The van der Waals surface area contributed by atoms with Crippen molar-refractivity contribution in [3.05, 3.63) is 5.82 Å². The number of carbonyl (C=O) groups is 1. The van der Waals surface area contributed by atoms with Crippen LogP contribution in [0.1, 0.15) is 44.3 Å². The Kier molecular flexibility index (Phi) is 3.96. The van der Waals surface area contributed by atoms with Crippen molar-refractivity contribution in [1.29, 1.82) is 0 Å². The first kappa shape index (κ1) is 13.0. The molecule has 0 aromatic carbocycles. The van der Waals surface area contributed by atoms with Crippen LogP contribution in [0.4, 0.5) is 6.01 Å². The number of hydrogen-bond donors (Lipinski definition) is 2. The molecule has 1 aromatic rings. The zero-order valence-corrected chi connectivity index (χ0v) is 10.7. The largest absolute Gasteiger partial charge is 0.330 e. The molecule has 3 N–H and O–H groups in total. The first-order valence-electron chi connectivity index (χ1n) is 6.44. The molecule has 0 bridgehead atoms. The molecule has 0 aliphatic heterocycles. The number of aromatic nitrogens is 2. The van der Waals surface area contributed by atoms with Crippen molar-refractivity contribution in [1.82, 2.24) is 10.1 Å². The molecule has 1 heterocycles. The molecule has 6 nitrogen and oxygen atoms in total. The minimum Gasteiger partial charge on any atom is -0.330 e. The van der Waals surface area contributed by atoms with Gasteiger partial charge >= 0.3 is 6.01 Å². The lowest BCUT2D eigenvalue weighted by Gasteiger charge is -2.35. The van der Waals surface area contributed by atoms with Crippen LogP contribution in [-0.2, 0) is 4.79 Å². The standard InChI is InChI=1S/C12H20N4O2/c1-9-14-11(18-16-9)15-10(17)7-12(8-13)5-3-2-4-6-12/h2-8,13H2,1H3,(H,14,15,16,17). The fourth-order valence-electron chi connectivity index (χ4n) is 2.61. The molecule has 1 saturated carbocycles. The van der Waals surface area contributed by atoms with E-state index in [-0.39, 0.29) is 17.3 Å². The summed E-state index contributed by atoms with van der Waals surface area (Å²) in [5.74, 6) is 0.419. The molecule has 0 unspecified atom stereocenters. The lowest BCUT2D eigenvalue weighted by Crippen LogP contribution is -2.36. The highest BCUT2D eigenvalue weighted by molar-refractivity contribution is 5.89. The lowest BCUT2D eigenvalue weighted by atomic mass is 9.72. The SMILES string of the molecule is Cc1noc(NC(=O)CC2(CN)CCCCC2)n1. The van der Waals surface area contributed by atoms with Gasteiger partial charge in [-0.1, -0.05) is 24.4 Å². The van der Waals surface area contributed by atoms with Gasteiger partial charge in [0.15, 0.2) is 5.82 Å². The van der Waals surface area contributed by atoms with Gasteiger partial charge in [-0.15, -0.1) is 0 Å². The van der Waals surface area contributed by atoms with Crippen LogP contribution in [0.2, 0.25) is 0 Å². The summed E-state index contributed by atoms with van der Waals surface area (Å²) in [6, 6.07) is 0.167. The molecule has 0 atom stereocenters. The van der Waals surface area contributed by atoms with E-state index < -0.39 is 0 Å². The Bertz CT molecular complexity index is 410. The van der Waals surface area contributed by atoms with Crippen molar-refractivity contribution in [3.63, 3.8) is 0 Å². The Morgan fingerprint density at radius 3 is 2.72 bits per heavy atom. The second-order valence-corrected chi connectivity index (χ2v) is 5.14. The van der Waals surface area contributed by atoms with Gasteiger partial charge in [-0.3, -0.25) is 10.1 Å². The summed E-state index contributed by atoms with van der Waals surface area (Å²) in [6.45, 7) is 2.27. The number of carbonyl (C=O) groups excluding carboxylic acids is 1. The number of nitrogens with zero attached hydrogens (tertiary/aromatic N) is 2. The van der Waals surface area contributed by atoms with E-state index in [1.165, 1.54) is 6.42 Å². The third kappa shape index (κ3) is 3.07. The van der Waals surface area contributed by atoms with Gasteiger partial charge in [0.25, 0.3) is 0 Å². The summed E-state index contributed by atoms with van der Waals surface area (Å²) in [7, 11) is 0. The van der Waals surface area contributed by atoms with Crippen molar-refractivity contribution < 1.29 is 9.32 Å². The average Bonchev–Trinajstić information content (AvgIpc) is 2.75. The molecule has 6 heteroatoms. The topological polar surface area (TPSA) is 94.0 Å². The second-order valence-electron chi connectivity index (χ2n) is 5.14. The molecule has 1 aliphatic carbocycles. The number of anilines is 1. The van der Waals surface area contributed by atoms with E-state index in [1.54, 1.807) is 6.92 Å². The van der Waals surface area contributed by atoms with Crippen LogP contribution >= 0.6 is 0 Å². The summed E-state index contributed by atoms with van der Waals surface area (Å²) < 4.78 is 4.87. The monoisotopic (exact) mass is 252 g/mol. The van der Waals surface area contributed by atoms with Crippen LogP contribution in [0.25, 0.3) is 0 Å². The number of nitrogens with two attached hydrogens (primary N) is 1. The van der Waals surface area contributed by atoms with Gasteiger partial charge in [0.2, 0.25) is 5.91 Å².